The lowest BCUT2D eigenvalue weighted by molar-refractivity contribution is 0.690. The van der Waals surface area contributed by atoms with E-state index in [4.69, 9.17) is 0 Å². The summed E-state index contributed by atoms with van der Waals surface area (Å²) in [6.07, 6.45) is 6.83. The van der Waals surface area contributed by atoms with Gasteiger partial charge in [-0.1, -0.05) is 12.8 Å². The zero-order valence-electron chi connectivity index (χ0n) is 8.26. The smallest absolute Gasteiger partial charge is 0.143 e. The summed E-state index contributed by atoms with van der Waals surface area (Å²) in [5, 5.41) is 3.06. The second-order valence-corrected chi connectivity index (χ2v) is 4.45. The van der Waals surface area contributed by atoms with Gasteiger partial charge in [-0.05, 0) is 28.8 Å². The molecular formula is C10H14BrN3. The molecule has 0 aliphatic heterocycles. The van der Waals surface area contributed by atoms with Crippen LogP contribution in [0.2, 0.25) is 0 Å². The van der Waals surface area contributed by atoms with Crippen LogP contribution in [0.3, 0.4) is 0 Å². The molecule has 76 valence electrons. The molecule has 2 rings (SSSR count). The third kappa shape index (κ3) is 1.75. The van der Waals surface area contributed by atoms with Crippen LogP contribution in [0.1, 0.15) is 37.3 Å². The molecule has 0 bridgehead atoms. The van der Waals surface area contributed by atoms with Crippen molar-refractivity contribution < 1.29 is 0 Å². The lowest BCUT2D eigenvalue weighted by Gasteiger charge is -2.12. The van der Waals surface area contributed by atoms with Gasteiger partial charge in [-0.2, -0.15) is 0 Å². The van der Waals surface area contributed by atoms with Crippen LogP contribution in [0.15, 0.2) is 10.8 Å². The van der Waals surface area contributed by atoms with Crippen LogP contribution in [-0.4, -0.2) is 17.0 Å². The van der Waals surface area contributed by atoms with Gasteiger partial charge in [0, 0.05) is 13.0 Å². The molecule has 1 aromatic heterocycles. The topological polar surface area (TPSA) is 37.8 Å². The maximum absolute atomic E-state index is 4.37. The van der Waals surface area contributed by atoms with E-state index in [1.165, 1.54) is 31.4 Å². The SMILES string of the molecule is CNc1ncnc(C2CCCC2)c1Br. The van der Waals surface area contributed by atoms with Crippen molar-refractivity contribution in [3.05, 3.63) is 16.5 Å². The highest BCUT2D eigenvalue weighted by molar-refractivity contribution is 9.10. The number of nitrogens with zero attached hydrogens (tertiary/aromatic N) is 2. The van der Waals surface area contributed by atoms with Gasteiger partial charge in [0.1, 0.15) is 12.1 Å². The molecule has 0 atom stereocenters. The fourth-order valence-electron chi connectivity index (χ4n) is 2.04. The van der Waals surface area contributed by atoms with Gasteiger partial charge in [0.2, 0.25) is 0 Å². The van der Waals surface area contributed by atoms with Crippen molar-refractivity contribution in [2.45, 2.75) is 31.6 Å². The van der Waals surface area contributed by atoms with E-state index < -0.39 is 0 Å². The first-order chi connectivity index (χ1) is 6.83. The van der Waals surface area contributed by atoms with Crippen LogP contribution >= 0.6 is 15.9 Å². The number of hydrogen-bond donors (Lipinski definition) is 1. The van der Waals surface area contributed by atoms with Crippen LogP contribution in [0.5, 0.6) is 0 Å². The molecule has 0 radical (unpaired) electrons. The summed E-state index contributed by atoms with van der Waals surface area (Å²) < 4.78 is 1.04. The monoisotopic (exact) mass is 255 g/mol. The van der Waals surface area contributed by atoms with E-state index >= 15 is 0 Å². The maximum Gasteiger partial charge on any atom is 0.143 e. The van der Waals surface area contributed by atoms with Crippen molar-refractivity contribution in [1.29, 1.82) is 0 Å². The zero-order valence-corrected chi connectivity index (χ0v) is 9.84. The Kier molecular flexibility index (Phi) is 3.01. The molecule has 1 heterocycles. The van der Waals surface area contributed by atoms with Crippen molar-refractivity contribution in [3.63, 3.8) is 0 Å². The normalized spacial score (nSPS) is 17.3. The van der Waals surface area contributed by atoms with Crippen LogP contribution in [0.25, 0.3) is 0 Å². The first kappa shape index (κ1) is 9.90. The molecule has 4 heteroatoms. The summed E-state index contributed by atoms with van der Waals surface area (Å²) in [5.41, 5.74) is 1.17. The Labute approximate surface area is 92.5 Å². The Morgan fingerprint density at radius 3 is 2.71 bits per heavy atom. The molecule has 1 aliphatic rings. The number of hydrogen-bond acceptors (Lipinski definition) is 3. The fraction of sp³-hybridized carbons (Fsp3) is 0.600. The molecule has 1 fully saturated rings. The number of nitrogens with one attached hydrogen (secondary N) is 1. The van der Waals surface area contributed by atoms with E-state index in [9.17, 15) is 0 Å². The third-order valence-electron chi connectivity index (χ3n) is 2.80. The largest absolute Gasteiger partial charge is 0.372 e. The lowest BCUT2D eigenvalue weighted by Crippen LogP contribution is -2.02. The quantitative estimate of drug-likeness (QED) is 0.884. The molecule has 0 unspecified atom stereocenters. The molecule has 1 N–H and O–H groups in total. The summed E-state index contributed by atoms with van der Waals surface area (Å²) in [4.78, 5) is 8.53. The van der Waals surface area contributed by atoms with Gasteiger partial charge in [0.25, 0.3) is 0 Å². The molecule has 1 aromatic rings. The molecule has 1 aliphatic carbocycles. The molecule has 0 aromatic carbocycles. The summed E-state index contributed by atoms with van der Waals surface area (Å²) >= 11 is 3.56. The maximum atomic E-state index is 4.37. The summed E-state index contributed by atoms with van der Waals surface area (Å²) in [5.74, 6) is 1.52. The van der Waals surface area contributed by atoms with Crippen molar-refractivity contribution in [2.24, 2.45) is 0 Å². The fourth-order valence-corrected chi connectivity index (χ4v) is 2.77. The predicted molar refractivity (Wildman–Crippen MR) is 60.5 cm³/mol. The number of aromatic nitrogens is 2. The van der Waals surface area contributed by atoms with Gasteiger partial charge in [-0.25, -0.2) is 9.97 Å². The molecule has 14 heavy (non-hydrogen) atoms. The molecular weight excluding hydrogens is 242 g/mol. The van der Waals surface area contributed by atoms with Crippen molar-refractivity contribution in [2.75, 3.05) is 12.4 Å². The Morgan fingerprint density at radius 1 is 1.36 bits per heavy atom. The average molecular weight is 256 g/mol. The van der Waals surface area contributed by atoms with Gasteiger partial charge < -0.3 is 5.32 Å². The first-order valence-corrected chi connectivity index (χ1v) is 5.80. The van der Waals surface area contributed by atoms with Gasteiger partial charge in [-0.15, -0.1) is 0 Å². The molecule has 0 spiro atoms. The van der Waals surface area contributed by atoms with Crippen molar-refractivity contribution >= 4 is 21.7 Å². The minimum Gasteiger partial charge on any atom is -0.372 e. The highest BCUT2D eigenvalue weighted by Crippen LogP contribution is 2.37. The van der Waals surface area contributed by atoms with E-state index in [1.54, 1.807) is 6.33 Å². The number of anilines is 1. The van der Waals surface area contributed by atoms with Gasteiger partial charge in [-0.3, -0.25) is 0 Å². The first-order valence-electron chi connectivity index (χ1n) is 5.01. The van der Waals surface area contributed by atoms with Crippen molar-refractivity contribution in [1.82, 2.24) is 9.97 Å². The lowest BCUT2D eigenvalue weighted by atomic mass is 10.0. The molecule has 1 saturated carbocycles. The van der Waals surface area contributed by atoms with E-state index in [0.29, 0.717) is 5.92 Å². The minimum absolute atomic E-state index is 0.625. The van der Waals surface area contributed by atoms with E-state index in [-0.39, 0.29) is 0 Å². The zero-order chi connectivity index (χ0) is 9.97. The second kappa shape index (κ2) is 4.26. The number of halogens is 1. The minimum atomic E-state index is 0.625. The standard InChI is InChI=1S/C10H14BrN3/c1-12-10-8(11)9(13-6-14-10)7-4-2-3-5-7/h6-7H,2-5H2,1H3,(H,12,13,14). The summed E-state index contributed by atoms with van der Waals surface area (Å²) in [6, 6.07) is 0. The van der Waals surface area contributed by atoms with Gasteiger partial charge >= 0.3 is 0 Å². The molecule has 3 nitrogen and oxygen atoms in total. The summed E-state index contributed by atoms with van der Waals surface area (Å²) in [6.45, 7) is 0. The van der Waals surface area contributed by atoms with E-state index in [0.717, 1.165) is 10.3 Å². The predicted octanol–water partition coefficient (Wildman–Crippen LogP) is 2.94. The Hall–Kier alpha value is -0.640. The number of rotatable bonds is 2. The Balaban J connectivity index is 2.32. The summed E-state index contributed by atoms with van der Waals surface area (Å²) in [7, 11) is 1.88. The second-order valence-electron chi connectivity index (χ2n) is 3.65. The van der Waals surface area contributed by atoms with Crippen LogP contribution in [-0.2, 0) is 0 Å². The molecule has 0 saturated heterocycles. The van der Waals surface area contributed by atoms with Gasteiger partial charge in [0.15, 0.2) is 0 Å². The van der Waals surface area contributed by atoms with E-state index in [2.05, 4.69) is 31.2 Å². The highest BCUT2D eigenvalue weighted by atomic mass is 79.9. The van der Waals surface area contributed by atoms with Crippen LogP contribution in [0.4, 0.5) is 5.82 Å². The highest BCUT2D eigenvalue weighted by Gasteiger charge is 2.21. The van der Waals surface area contributed by atoms with E-state index in [1.807, 2.05) is 7.05 Å². The Bertz CT molecular complexity index is 321. The Morgan fingerprint density at radius 2 is 2.07 bits per heavy atom. The van der Waals surface area contributed by atoms with Crippen LogP contribution in [0, 0.1) is 0 Å². The third-order valence-corrected chi connectivity index (χ3v) is 3.58. The molecule has 0 amide bonds. The van der Waals surface area contributed by atoms with Gasteiger partial charge in [0.05, 0.1) is 10.2 Å². The average Bonchev–Trinajstić information content (AvgIpc) is 2.71. The van der Waals surface area contributed by atoms with Crippen LogP contribution < -0.4 is 5.32 Å². The van der Waals surface area contributed by atoms with Crippen molar-refractivity contribution in [3.8, 4) is 0 Å².